The summed E-state index contributed by atoms with van der Waals surface area (Å²) in [5, 5.41) is 0.782. The van der Waals surface area contributed by atoms with Gasteiger partial charge < -0.3 is 9.47 Å². The lowest BCUT2D eigenvalue weighted by Gasteiger charge is -2.10. The fraction of sp³-hybridized carbons (Fsp3) is 0.250. The first kappa shape index (κ1) is 15.4. The Labute approximate surface area is 136 Å². The van der Waals surface area contributed by atoms with Crippen molar-refractivity contribution in [3.05, 3.63) is 58.1 Å². The van der Waals surface area contributed by atoms with E-state index < -0.39 is 0 Å². The fourth-order valence-corrected chi connectivity index (χ4v) is 2.71. The molecule has 2 rings (SSSR count). The van der Waals surface area contributed by atoms with Gasteiger partial charge in [-0.05, 0) is 35.9 Å². The van der Waals surface area contributed by atoms with E-state index in [1.165, 1.54) is 5.56 Å². The summed E-state index contributed by atoms with van der Waals surface area (Å²) < 4.78 is 12.1. The first-order chi connectivity index (χ1) is 9.72. The molecule has 106 valence electrons. The van der Waals surface area contributed by atoms with Crippen molar-refractivity contribution in [1.82, 2.24) is 0 Å². The number of hydrogen-bond donors (Lipinski definition) is 0. The summed E-state index contributed by atoms with van der Waals surface area (Å²) in [7, 11) is 1.67. The topological polar surface area (TPSA) is 18.5 Å². The van der Waals surface area contributed by atoms with E-state index in [9.17, 15) is 0 Å². The Bertz CT molecular complexity index is 553. The van der Waals surface area contributed by atoms with Gasteiger partial charge in [-0.2, -0.15) is 0 Å². The minimum absolute atomic E-state index is 0.661. The Morgan fingerprint density at radius 1 is 1.05 bits per heavy atom. The molecule has 0 aromatic heterocycles. The average Bonchev–Trinajstić information content (AvgIpc) is 2.49. The van der Waals surface area contributed by atoms with Crippen molar-refractivity contribution < 1.29 is 9.47 Å². The summed E-state index contributed by atoms with van der Waals surface area (Å²) in [6, 6.07) is 14.1. The van der Waals surface area contributed by atoms with E-state index in [2.05, 4.69) is 50.1 Å². The third-order valence-electron chi connectivity index (χ3n) is 2.97. The van der Waals surface area contributed by atoms with Gasteiger partial charge in [0.1, 0.15) is 11.5 Å². The van der Waals surface area contributed by atoms with Gasteiger partial charge in [-0.3, -0.25) is 0 Å². The molecule has 20 heavy (non-hydrogen) atoms. The Kier molecular flexibility index (Phi) is 5.92. The highest BCUT2D eigenvalue weighted by molar-refractivity contribution is 9.10. The van der Waals surface area contributed by atoms with Gasteiger partial charge in [0.15, 0.2) is 0 Å². The van der Waals surface area contributed by atoms with Gasteiger partial charge in [-0.25, -0.2) is 0 Å². The minimum atomic E-state index is 0.661. The Balaban J connectivity index is 1.92. The molecule has 0 saturated carbocycles. The highest BCUT2D eigenvalue weighted by Gasteiger charge is 2.03. The molecule has 0 amide bonds. The lowest BCUT2D eigenvalue weighted by molar-refractivity contribution is 0.319. The molecule has 0 aliphatic carbocycles. The Morgan fingerprint density at radius 2 is 1.80 bits per heavy atom. The summed E-state index contributed by atoms with van der Waals surface area (Å²) in [6.07, 6.45) is 0.877. The van der Waals surface area contributed by atoms with Gasteiger partial charge >= 0.3 is 0 Å². The monoisotopic (exact) mass is 398 g/mol. The van der Waals surface area contributed by atoms with Crippen LogP contribution in [0, 0.1) is 0 Å². The predicted molar refractivity (Wildman–Crippen MR) is 89.0 cm³/mol. The molecular formula is C16H16Br2O2. The van der Waals surface area contributed by atoms with Gasteiger partial charge in [-0.1, -0.05) is 44.0 Å². The molecule has 0 atom stereocenters. The Hall–Kier alpha value is -1.000. The number of halogens is 2. The molecule has 0 spiro atoms. The van der Waals surface area contributed by atoms with Crippen LogP contribution in [0.4, 0.5) is 0 Å². The van der Waals surface area contributed by atoms with Crippen LogP contribution in [0.15, 0.2) is 46.9 Å². The molecule has 0 radical (unpaired) electrons. The second-order valence-corrected chi connectivity index (χ2v) is 5.81. The molecule has 0 N–H and O–H groups in total. The maximum Gasteiger partial charge on any atom is 0.123 e. The molecule has 2 aromatic carbocycles. The van der Waals surface area contributed by atoms with Gasteiger partial charge in [0.25, 0.3) is 0 Å². The maximum absolute atomic E-state index is 5.86. The van der Waals surface area contributed by atoms with Gasteiger partial charge in [0, 0.05) is 21.8 Å². The van der Waals surface area contributed by atoms with Crippen LogP contribution in [0.25, 0.3) is 0 Å². The standard InChI is InChI=1S/C16H16Br2O2/c1-19-15-5-2-12(3-6-15)8-9-20-16-7-4-14(18)10-13(16)11-17/h2-7,10H,8-9,11H2,1H3. The third kappa shape index (κ3) is 4.25. The minimum Gasteiger partial charge on any atom is -0.497 e. The van der Waals surface area contributed by atoms with Crippen molar-refractivity contribution in [2.24, 2.45) is 0 Å². The van der Waals surface area contributed by atoms with Gasteiger partial charge in [0.05, 0.1) is 13.7 Å². The van der Waals surface area contributed by atoms with Gasteiger partial charge in [-0.15, -0.1) is 0 Å². The fourth-order valence-electron chi connectivity index (χ4n) is 1.86. The van der Waals surface area contributed by atoms with Crippen molar-refractivity contribution >= 4 is 31.9 Å². The van der Waals surface area contributed by atoms with E-state index in [4.69, 9.17) is 9.47 Å². The first-order valence-electron chi connectivity index (χ1n) is 6.33. The Morgan fingerprint density at radius 3 is 2.45 bits per heavy atom. The average molecular weight is 400 g/mol. The molecule has 0 fully saturated rings. The largest absolute Gasteiger partial charge is 0.497 e. The number of rotatable bonds is 6. The molecule has 0 unspecified atom stereocenters. The lowest BCUT2D eigenvalue weighted by atomic mass is 10.1. The zero-order valence-electron chi connectivity index (χ0n) is 11.2. The molecule has 4 heteroatoms. The van der Waals surface area contributed by atoms with Crippen molar-refractivity contribution in [1.29, 1.82) is 0 Å². The number of hydrogen-bond acceptors (Lipinski definition) is 2. The predicted octanol–water partition coefficient (Wildman–Crippen LogP) is 4.97. The third-order valence-corrected chi connectivity index (χ3v) is 4.07. The van der Waals surface area contributed by atoms with Crippen LogP contribution in [0.2, 0.25) is 0 Å². The number of methoxy groups -OCH3 is 1. The summed E-state index contributed by atoms with van der Waals surface area (Å²) >= 11 is 6.95. The quantitative estimate of drug-likeness (QED) is 0.638. The van der Waals surface area contributed by atoms with E-state index in [1.54, 1.807) is 7.11 Å². The van der Waals surface area contributed by atoms with Crippen LogP contribution in [0.3, 0.4) is 0 Å². The van der Waals surface area contributed by atoms with E-state index in [0.717, 1.165) is 33.3 Å². The van der Waals surface area contributed by atoms with Crippen LogP contribution < -0.4 is 9.47 Å². The molecule has 2 aromatic rings. The summed E-state index contributed by atoms with van der Waals surface area (Å²) in [4.78, 5) is 0. The lowest BCUT2D eigenvalue weighted by Crippen LogP contribution is -2.03. The van der Waals surface area contributed by atoms with Crippen LogP contribution in [0.1, 0.15) is 11.1 Å². The van der Waals surface area contributed by atoms with E-state index >= 15 is 0 Å². The van der Waals surface area contributed by atoms with E-state index in [0.29, 0.717) is 6.61 Å². The molecule has 0 heterocycles. The van der Waals surface area contributed by atoms with Crippen LogP contribution in [0.5, 0.6) is 11.5 Å². The molecule has 0 saturated heterocycles. The second-order valence-electron chi connectivity index (χ2n) is 4.33. The maximum atomic E-state index is 5.86. The SMILES string of the molecule is COc1ccc(CCOc2ccc(Br)cc2CBr)cc1. The molecule has 0 bridgehead atoms. The van der Waals surface area contributed by atoms with Crippen molar-refractivity contribution in [3.8, 4) is 11.5 Å². The summed E-state index contributed by atoms with van der Waals surface area (Å²) in [5.41, 5.74) is 2.39. The highest BCUT2D eigenvalue weighted by atomic mass is 79.9. The van der Waals surface area contributed by atoms with E-state index in [1.807, 2.05) is 24.3 Å². The number of ether oxygens (including phenoxy) is 2. The summed E-state index contributed by atoms with van der Waals surface area (Å²) in [5.74, 6) is 1.81. The number of benzene rings is 2. The van der Waals surface area contributed by atoms with Gasteiger partial charge in [0.2, 0.25) is 0 Å². The first-order valence-corrected chi connectivity index (χ1v) is 8.24. The second kappa shape index (κ2) is 7.70. The zero-order chi connectivity index (χ0) is 14.4. The molecule has 2 nitrogen and oxygen atoms in total. The molecule has 0 aliphatic rings. The normalized spacial score (nSPS) is 10.3. The number of alkyl halides is 1. The van der Waals surface area contributed by atoms with Crippen LogP contribution >= 0.6 is 31.9 Å². The molecule has 0 aliphatic heterocycles. The smallest absolute Gasteiger partial charge is 0.123 e. The molecular weight excluding hydrogens is 384 g/mol. The zero-order valence-corrected chi connectivity index (χ0v) is 14.4. The highest BCUT2D eigenvalue weighted by Crippen LogP contribution is 2.25. The van der Waals surface area contributed by atoms with E-state index in [-0.39, 0.29) is 0 Å². The van der Waals surface area contributed by atoms with Crippen molar-refractivity contribution in [2.75, 3.05) is 13.7 Å². The van der Waals surface area contributed by atoms with Crippen LogP contribution in [-0.4, -0.2) is 13.7 Å². The van der Waals surface area contributed by atoms with Crippen LogP contribution in [-0.2, 0) is 11.8 Å². The van der Waals surface area contributed by atoms with Crippen molar-refractivity contribution in [3.63, 3.8) is 0 Å². The van der Waals surface area contributed by atoms with Crippen molar-refractivity contribution in [2.45, 2.75) is 11.8 Å². The summed E-state index contributed by atoms with van der Waals surface area (Å²) in [6.45, 7) is 0.661.